The van der Waals surface area contributed by atoms with Crippen molar-refractivity contribution in [2.75, 3.05) is 0 Å². The van der Waals surface area contributed by atoms with E-state index in [1.54, 1.807) is 0 Å². The van der Waals surface area contributed by atoms with E-state index < -0.39 is 0 Å². The number of allylic oxidation sites excluding steroid dienone is 1. The molecule has 0 aromatic rings. The second kappa shape index (κ2) is 4.11. The van der Waals surface area contributed by atoms with Gasteiger partial charge < -0.3 is 0 Å². The Balaban J connectivity index is 4.18. The summed E-state index contributed by atoms with van der Waals surface area (Å²) in [5, 5.41) is 8.81. The summed E-state index contributed by atoms with van der Waals surface area (Å²) >= 11 is 0. The van der Waals surface area contributed by atoms with Crippen LogP contribution >= 0.6 is 0 Å². The molecule has 0 aliphatic carbocycles. The Hall–Kier alpha value is -0.770. The summed E-state index contributed by atoms with van der Waals surface area (Å²) in [6.45, 7) is 7.74. The fourth-order valence-electron chi connectivity index (χ4n) is 1.02. The Morgan fingerprint density at radius 1 is 1.50 bits per heavy atom. The molecule has 1 nitrogen and oxygen atoms in total. The van der Waals surface area contributed by atoms with Crippen molar-refractivity contribution in [2.45, 2.75) is 33.1 Å². The molecule has 10 heavy (non-hydrogen) atoms. The Kier molecular flexibility index (Phi) is 3.79. The van der Waals surface area contributed by atoms with E-state index in [0.29, 0.717) is 0 Å². The molecule has 0 unspecified atom stereocenters. The van der Waals surface area contributed by atoms with E-state index >= 15 is 0 Å². The Bertz CT molecular complexity index is 137. The summed E-state index contributed by atoms with van der Waals surface area (Å²) in [7, 11) is 0. The minimum Gasteiger partial charge on any atom is -0.198 e. The molecule has 0 atom stereocenters. The van der Waals surface area contributed by atoms with Gasteiger partial charge in [0, 0.05) is 0 Å². The van der Waals surface area contributed by atoms with E-state index in [2.05, 4.69) is 26.5 Å². The average Bonchev–Trinajstić information content (AvgIpc) is 2.01. The number of hydrogen-bond acceptors (Lipinski definition) is 1. The molecular formula is C9H15N. The largest absolute Gasteiger partial charge is 0.198 e. The minimum absolute atomic E-state index is 0.137. The van der Waals surface area contributed by atoms with Gasteiger partial charge in [0.2, 0.25) is 0 Å². The van der Waals surface area contributed by atoms with Gasteiger partial charge in [-0.3, -0.25) is 0 Å². The predicted molar refractivity (Wildman–Crippen MR) is 43.4 cm³/mol. The molecule has 1 heteroatoms. The molecule has 0 rings (SSSR count). The van der Waals surface area contributed by atoms with Crippen LogP contribution in [0.4, 0.5) is 0 Å². The van der Waals surface area contributed by atoms with Crippen molar-refractivity contribution in [3.8, 4) is 6.07 Å². The van der Waals surface area contributed by atoms with Gasteiger partial charge in [-0.25, -0.2) is 0 Å². The molecule has 0 aromatic heterocycles. The number of nitriles is 1. The van der Waals surface area contributed by atoms with Crippen molar-refractivity contribution in [1.29, 1.82) is 5.26 Å². The van der Waals surface area contributed by atoms with Gasteiger partial charge in [-0.15, -0.1) is 6.58 Å². The zero-order chi connectivity index (χ0) is 8.04. The van der Waals surface area contributed by atoms with Crippen LogP contribution in [0.1, 0.15) is 33.1 Å². The van der Waals surface area contributed by atoms with Crippen molar-refractivity contribution in [1.82, 2.24) is 0 Å². The zero-order valence-electron chi connectivity index (χ0n) is 6.85. The van der Waals surface area contributed by atoms with Crippen molar-refractivity contribution in [2.24, 2.45) is 5.41 Å². The molecule has 0 aromatic carbocycles. The number of hydrogen-bond donors (Lipinski definition) is 0. The quantitative estimate of drug-likeness (QED) is 0.546. The van der Waals surface area contributed by atoms with Crippen molar-refractivity contribution in [3.05, 3.63) is 12.7 Å². The minimum atomic E-state index is -0.137. The number of rotatable bonds is 4. The maximum atomic E-state index is 8.81. The van der Waals surface area contributed by atoms with Crippen molar-refractivity contribution < 1.29 is 0 Å². The highest BCUT2D eigenvalue weighted by Crippen LogP contribution is 2.29. The summed E-state index contributed by atoms with van der Waals surface area (Å²) in [6.07, 6.45) is 4.49. The van der Waals surface area contributed by atoms with E-state index in [1.807, 2.05) is 6.08 Å². The van der Waals surface area contributed by atoms with Gasteiger partial charge in [-0.2, -0.15) is 5.26 Å². The van der Waals surface area contributed by atoms with Crippen molar-refractivity contribution in [3.63, 3.8) is 0 Å². The molecule has 0 N–H and O–H groups in total. The first kappa shape index (κ1) is 9.23. The first-order valence-corrected chi connectivity index (χ1v) is 3.76. The van der Waals surface area contributed by atoms with E-state index in [9.17, 15) is 0 Å². The van der Waals surface area contributed by atoms with Gasteiger partial charge in [0.15, 0.2) is 0 Å². The molecule has 0 aliphatic heterocycles. The molecule has 0 aliphatic rings. The van der Waals surface area contributed by atoms with Crippen LogP contribution in [0.5, 0.6) is 0 Å². The standard InChI is InChI=1S/C9H15N/c1-4-7-9(5-2,6-3)8-10/h4H,1,5-7H2,2-3H3. The van der Waals surface area contributed by atoms with E-state index in [1.165, 1.54) is 0 Å². The Labute approximate surface area is 63.4 Å². The van der Waals surface area contributed by atoms with E-state index in [4.69, 9.17) is 5.26 Å². The molecule has 0 saturated carbocycles. The monoisotopic (exact) mass is 137 g/mol. The van der Waals surface area contributed by atoms with Gasteiger partial charge in [0.1, 0.15) is 0 Å². The Morgan fingerprint density at radius 2 is 2.00 bits per heavy atom. The third kappa shape index (κ3) is 1.88. The maximum Gasteiger partial charge on any atom is 0.0692 e. The van der Waals surface area contributed by atoms with Crippen molar-refractivity contribution >= 4 is 0 Å². The van der Waals surface area contributed by atoms with Gasteiger partial charge in [-0.05, 0) is 19.3 Å². The fourth-order valence-corrected chi connectivity index (χ4v) is 1.02. The lowest BCUT2D eigenvalue weighted by atomic mass is 9.81. The van der Waals surface area contributed by atoms with Gasteiger partial charge in [-0.1, -0.05) is 19.9 Å². The van der Waals surface area contributed by atoms with Crippen LogP contribution < -0.4 is 0 Å². The molecule has 0 fully saturated rings. The van der Waals surface area contributed by atoms with Crippen LogP contribution in [0.25, 0.3) is 0 Å². The van der Waals surface area contributed by atoms with E-state index in [0.717, 1.165) is 19.3 Å². The first-order valence-electron chi connectivity index (χ1n) is 3.76. The fraction of sp³-hybridized carbons (Fsp3) is 0.667. The highest BCUT2D eigenvalue weighted by atomic mass is 14.3. The molecule has 56 valence electrons. The topological polar surface area (TPSA) is 23.8 Å². The average molecular weight is 137 g/mol. The zero-order valence-corrected chi connectivity index (χ0v) is 6.85. The van der Waals surface area contributed by atoms with Crippen LogP contribution in [-0.2, 0) is 0 Å². The van der Waals surface area contributed by atoms with Crippen LogP contribution in [0.2, 0.25) is 0 Å². The molecular weight excluding hydrogens is 122 g/mol. The lowest BCUT2D eigenvalue weighted by Crippen LogP contribution is -2.14. The third-order valence-electron chi connectivity index (χ3n) is 2.13. The lowest BCUT2D eigenvalue weighted by molar-refractivity contribution is 0.371. The summed E-state index contributed by atoms with van der Waals surface area (Å²) in [5.41, 5.74) is -0.137. The highest BCUT2D eigenvalue weighted by Gasteiger charge is 2.23. The maximum absolute atomic E-state index is 8.81. The summed E-state index contributed by atoms with van der Waals surface area (Å²) in [4.78, 5) is 0. The molecule has 0 radical (unpaired) electrons. The molecule has 0 saturated heterocycles. The van der Waals surface area contributed by atoms with Crippen LogP contribution in [0.15, 0.2) is 12.7 Å². The van der Waals surface area contributed by atoms with E-state index in [-0.39, 0.29) is 5.41 Å². The summed E-state index contributed by atoms with van der Waals surface area (Å²) in [5.74, 6) is 0. The van der Waals surface area contributed by atoms with Crippen LogP contribution in [0.3, 0.4) is 0 Å². The smallest absolute Gasteiger partial charge is 0.0692 e. The third-order valence-corrected chi connectivity index (χ3v) is 2.13. The normalized spacial score (nSPS) is 10.5. The van der Waals surface area contributed by atoms with Crippen LogP contribution in [-0.4, -0.2) is 0 Å². The van der Waals surface area contributed by atoms with Gasteiger partial charge in [0.25, 0.3) is 0 Å². The molecule has 0 spiro atoms. The summed E-state index contributed by atoms with van der Waals surface area (Å²) in [6, 6.07) is 2.34. The second-order valence-corrected chi connectivity index (χ2v) is 2.59. The number of nitrogens with zero attached hydrogens (tertiary/aromatic N) is 1. The molecule has 0 heterocycles. The highest BCUT2D eigenvalue weighted by molar-refractivity contribution is 5.00. The van der Waals surface area contributed by atoms with Crippen LogP contribution in [0, 0.1) is 16.7 Å². The SMILES string of the molecule is C=CCC(C#N)(CC)CC. The lowest BCUT2D eigenvalue weighted by Gasteiger charge is -2.20. The second-order valence-electron chi connectivity index (χ2n) is 2.59. The molecule has 0 bridgehead atoms. The molecule has 0 amide bonds. The summed E-state index contributed by atoms with van der Waals surface area (Å²) < 4.78 is 0. The predicted octanol–water partition coefficient (Wildman–Crippen LogP) is 2.89. The Morgan fingerprint density at radius 3 is 2.10 bits per heavy atom. The first-order chi connectivity index (χ1) is 4.74. The van der Waals surface area contributed by atoms with Gasteiger partial charge >= 0.3 is 0 Å². The van der Waals surface area contributed by atoms with Gasteiger partial charge in [0.05, 0.1) is 11.5 Å².